The highest BCUT2D eigenvalue weighted by Crippen LogP contribution is 2.26. The number of Topliss-reactive ketones (excluding diaryl/α,β-unsaturated/α-hetero) is 1. The average molecular weight is 346 g/mol. The first-order valence-electron chi connectivity index (χ1n) is 6.67. The second-order valence-electron chi connectivity index (χ2n) is 4.87. The number of hydrogen-bond acceptors (Lipinski definition) is 1. The fourth-order valence-corrected chi connectivity index (χ4v) is 2.97. The Balaban J connectivity index is 1.77. The van der Waals surface area contributed by atoms with Crippen molar-refractivity contribution in [2.24, 2.45) is 0 Å². The maximum absolute atomic E-state index is 12.9. The number of nitrogens with zero attached hydrogens (tertiary/aromatic N) is 1. The lowest BCUT2D eigenvalue weighted by Gasteiger charge is -2.05. The fourth-order valence-electron chi connectivity index (χ4n) is 2.39. The van der Waals surface area contributed by atoms with Crippen LogP contribution in [0.1, 0.15) is 16.8 Å². The first kappa shape index (κ1) is 14.0. The van der Waals surface area contributed by atoms with E-state index in [1.807, 2.05) is 30.5 Å². The van der Waals surface area contributed by atoms with Crippen molar-refractivity contribution in [1.82, 2.24) is 4.57 Å². The van der Waals surface area contributed by atoms with Crippen molar-refractivity contribution in [3.8, 4) is 0 Å². The summed E-state index contributed by atoms with van der Waals surface area (Å²) in [5.41, 5.74) is 1.64. The summed E-state index contributed by atoms with van der Waals surface area (Å²) in [7, 11) is 0. The summed E-state index contributed by atoms with van der Waals surface area (Å²) in [6.07, 6.45) is 2.37. The second kappa shape index (κ2) is 5.82. The second-order valence-corrected chi connectivity index (χ2v) is 5.72. The number of carbonyl (C=O) groups excluding carboxylic acids is 1. The van der Waals surface area contributed by atoms with E-state index in [-0.39, 0.29) is 11.6 Å². The molecule has 0 N–H and O–H groups in total. The number of rotatable bonds is 4. The predicted octanol–water partition coefficient (Wildman–Crippen LogP) is 4.82. The molecule has 1 aromatic heterocycles. The van der Waals surface area contributed by atoms with E-state index in [2.05, 4.69) is 20.5 Å². The normalized spacial score (nSPS) is 11.0. The molecule has 0 aliphatic carbocycles. The summed E-state index contributed by atoms with van der Waals surface area (Å²) in [6.45, 7) is 0.600. The lowest BCUT2D eigenvalue weighted by Crippen LogP contribution is -2.05. The van der Waals surface area contributed by atoms with Crippen LogP contribution in [0.5, 0.6) is 0 Å². The van der Waals surface area contributed by atoms with Crippen LogP contribution in [-0.4, -0.2) is 10.4 Å². The third kappa shape index (κ3) is 2.90. The van der Waals surface area contributed by atoms with Gasteiger partial charge in [0.1, 0.15) is 5.82 Å². The molecule has 2 aromatic carbocycles. The van der Waals surface area contributed by atoms with E-state index in [9.17, 15) is 9.18 Å². The molecule has 1 heterocycles. The molecule has 0 spiro atoms. The number of aryl methyl sites for hydroxylation is 1. The minimum atomic E-state index is -0.327. The zero-order chi connectivity index (χ0) is 14.8. The molecular weight excluding hydrogens is 333 g/mol. The minimum absolute atomic E-state index is 0.0175. The van der Waals surface area contributed by atoms with Gasteiger partial charge in [0.15, 0.2) is 5.78 Å². The summed E-state index contributed by atoms with van der Waals surface area (Å²) in [5, 5.41) is 1.13. The van der Waals surface area contributed by atoms with Crippen molar-refractivity contribution >= 4 is 32.6 Å². The number of para-hydroxylation sites is 1. The highest BCUT2D eigenvalue weighted by Gasteiger charge is 2.09. The lowest BCUT2D eigenvalue weighted by molar-refractivity contribution is 0.0977. The Hall–Kier alpha value is -1.94. The number of halogens is 2. The maximum Gasteiger partial charge on any atom is 0.164 e. The monoisotopic (exact) mass is 345 g/mol. The zero-order valence-electron chi connectivity index (χ0n) is 11.2. The topological polar surface area (TPSA) is 22.0 Å². The Kier molecular flexibility index (Phi) is 3.88. The van der Waals surface area contributed by atoms with E-state index in [0.717, 1.165) is 15.4 Å². The van der Waals surface area contributed by atoms with E-state index in [1.54, 1.807) is 0 Å². The molecule has 0 aliphatic rings. The summed E-state index contributed by atoms with van der Waals surface area (Å²) >= 11 is 3.53. The van der Waals surface area contributed by atoms with Gasteiger partial charge in [-0.3, -0.25) is 4.79 Å². The summed E-state index contributed by atoms with van der Waals surface area (Å²) in [6, 6.07) is 13.7. The van der Waals surface area contributed by atoms with E-state index >= 15 is 0 Å². The Bertz CT molecular complexity index is 792. The third-order valence-electron chi connectivity index (χ3n) is 3.49. The van der Waals surface area contributed by atoms with Crippen molar-refractivity contribution in [2.45, 2.75) is 13.0 Å². The molecule has 3 aromatic rings. The van der Waals surface area contributed by atoms with E-state index in [0.29, 0.717) is 18.5 Å². The molecule has 106 valence electrons. The first-order chi connectivity index (χ1) is 10.1. The van der Waals surface area contributed by atoms with Gasteiger partial charge in [-0.25, -0.2) is 4.39 Å². The SMILES string of the molecule is O=C(CCn1cc(Br)c2ccccc21)c1ccc(F)cc1. The van der Waals surface area contributed by atoms with Crippen molar-refractivity contribution in [3.05, 3.63) is 70.6 Å². The molecule has 21 heavy (non-hydrogen) atoms. The predicted molar refractivity (Wildman–Crippen MR) is 85.0 cm³/mol. The molecular formula is C17H13BrFNO. The molecule has 0 saturated heterocycles. The standard InChI is InChI=1S/C17H13BrFNO/c18-15-11-20(16-4-2-1-3-14(15)16)10-9-17(21)12-5-7-13(19)8-6-12/h1-8,11H,9-10H2. The van der Waals surface area contributed by atoms with E-state index in [4.69, 9.17) is 0 Å². The average Bonchev–Trinajstić information content (AvgIpc) is 2.83. The number of carbonyl (C=O) groups is 1. The number of aromatic nitrogens is 1. The van der Waals surface area contributed by atoms with Gasteiger partial charge >= 0.3 is 0 Å². The maximum atomic E-state index is 12.9. The number of benzene rings is 2. The largest absolute Gasteiger partial charge is 0.346 e. The van der Waals surface area contributed by atoms with Crippen LogP contribution in [0.25, 0.3) is 10.9 Å². The Morgan fingerprint density at radius 1 is 1.10 bits per heavy atom. The summed E-state index contributed by atoms with van der Waals surface area (Å²) in [5.74, 6) is -0.309. The smallest absolute Gasteiger partial charge is 0.164 e. The van der Waals surface area contributed by atoms with Crippen LogP contribution in [0.4, 0.5) is 4.39 Å². The lowest BCUT2D eigenvalue weighted by atomic mass is 10.1. The van der Waals surface area contributed by atoms with Gasteiger partial charge < -0.3 is 4.57 Å². The molecule has 2 nitrogen and oxygen atoms in total. The van der Waals surface area contributed by atoms with Crippen LogP contribution in [0.15, 0.2) is 59.2 Å². The van der Waals surface area contributed by atoms with Gasteiger partial charge in [0.25, 0.3) is 0 Å². The molecule has 0 aliphatic heterocycles. The van der Waals surface area contributed by atoms with Gasteiger partial charge in [-0.15, -0.1) is 0 Å². The molecule has 0 unspecified atom stereocenters. The molecule has 0 bridgehead atoms. The van der Waals surface area contributed by atoms with Crippen LogP contribution in [0, 0.1) is 5.82 Å². The highest BCUT2D eigenvalue weighted by atomic mass is 79.9. The minimum Gasteiger partial charge on any atom is -0.346 e. The van der Waals surface area contributed by atoms with Crippen LogP contribution < -0.4 is 0 Å². The van der Waals surface area contributed by atoms with Crippen LogP contribution >= 0.6 is 15.9 Å². The molecule has 0 atom stereocenters. The first-order valence-corrected chi connectivity index (χ1v) is 7.46. The molecule has 0 saturated carbocycles. The molecule has 4 heteroatoms. The Morgan fingerprint density at radius 2 is 1.81 bits per heavy atom. The van der Waals surface area contributed by atoms with Crippen LogP contribution in [-0.2, 0) is 6.54 Å². The fraction of sp³-hybridized carbons (Fsp3) is 0.118. The number of fused-ring (bicyclic) bond motifs is 1. The van der Waals surface area contributed by atoms with Gasteiger partial charge in [-0.05, 0) is 46.3 Å². The van der Waals surface area contributed by atoms with Crippen LogP contribution in [0.3, 0.4) is 0 Å². The third-order valence-corrected chi connectivity index (χ3v) is 4.12. The molecule has 0 radical (unpaired) electrons. The quantitative estimate of drug-likeness (QED) is 0.621. The van der Waals surface area contributed by atoms with Crippen molar-refractivity contribution in [2.75, 3.05) is 0 Å². The van der Waals surface area contributed by atoms with Gasteiger partial charge in [0, 0.05) is 40.1 Å². The van der Waals surface area contributed by atoms with Gasteiger partial charge in [-0.1, -0.05) is 18.2 Å². The van der Waals surface area contributed by atoms with Crippen molar-refractivity contribution in [1.29, 1.82) is 0 Å². The summed E-state index contributed by atoms with van der Waals surface area (Å²) < 4.78 is 15.9. The van der Waals surface area contributed by atoms with Crippen LogP contribution in [0.2, 0.25) is 0 Å². The number of ketones is 1. The molecule has 0 amide bonds. The molecule has 3 rings (SSSR count). The zero-order valence-corrected chi connectivity index (χ0v) is 12.8. The Morgan fingerprint density at radius 3 is 2.57 bits per heavy atom. The highest BCUT2D eigenvalue weighted by molar-refractivity contribution is 9.10. The number of hydrogen-bond donors (Lipinski definition) is 0. The van der Waals surface area contributed by atoms with Gasteiger partial charge in [-0.2, -0.15) is 0 Å². The Labute approximate surface area is 130 Å². The van der Waals surface area contributed by atoms with Crippen molar-refractivity contribution < 1.29 is 9.18 Å². The van der Waals surface area contributed by atoms with Gasteiger partial charge in [0.05, 0.1) is 0 Å². The summed E-state index contributed by atoms with van der Waals surface area (Å²) in [4.78, 5) is 12.1. The van der Waals surface area contributed by atoms with E-state index < -0.39 is 0 Å². The van der Waals surface area contributed by atoms with Gasteiger partial charge in [0.2, 0.25) is 0 Å². The van der Waals surface area contributed by atoms with E-state index in [1.165, 1.54) is 24.3 Å². The molecule has 0 fully saturated rings. The van der Waals surface area contributed by atoms with Crippen molar-refractivity contribution in [3.63, 3.8) is 0 Å².